The molecule has 0 saturated heterocycles. The predicted molar refractivity (Wildman–Crippen MR) is 70.1 cm³/mol. The van der Waals surface area contributed by atoms with Crippen LogP contribution in [0.15, 0.2) is 48.5 Å². The standard InChI is InChI=1S/C14H14N4/c15-10-12-7-4-8-14-16-13(17-18(12)14)9-11-5-2-1-3-6-11/h1-8H,9-10,15H2. The van der Waals surface area contributed by atoms with E-state index in [0.29, 0.717) is 6.54 Å². The molecule has 0 spiro atoms. The van der Waals surface area contributed by atoms with Gasteiger partial charge in [0.2, 0.25) is 0 Å². The fraction of sp³-hybridized carbons (Fsp3) is 0.143. The highest BCUT2D eigenvalue weighted by molar-refractivity contribution is 5.39. The van der Waals surface area contributed by atoms with Crippen molar-refractivity contribution in [2.75, 3.05) is 0 Å². The van der Waals surface area contributed by atoms with Crippen LogP contribution < -0.4 is 5.73 Å². The second-order valence-corrected chi connectivity index (χ2v) is 4.18. The number of fused-ring (bicyclic) bond motifs is 1. The Balaban J connectivity index is 1.99. The maximum Gasteiger partial charge on any atom is 0.156 e. The zero-order valence-electron chi connectivity index (χ0n) is 9.95. The molecule has 90 valence electrons. The first-order valence-electron chi connectivity index (χ1n) is 5.94. The Morgan fingerprint density at radius 1 is 1.00 bits per heavy atom. The van der Waals surface area contributed by atoms with Gasteiger partial charge in [-0.25, -0.2) is 9.50 Å². The van der Waals surface area contributed by atoms with Crippen molar-refractivity contribution in [3.05, 3.63) is 65.6 Å². The molecule has 0 atom stereocenters. The SMILES string of the molecule is NCc1cccc2nc(Cc3ccccc3)nn12. The minimum atomic E-state index is 0.464. The Bertz CT molecular complexity index is 658. The third kappa shape index (κ3) is 1.98. The molecule has 0 radical (unpaired) electrons. The van der Waals surface area contributed by atoms with Crippen molar-refractivity contribution in [2.24, 2.45) is 5.73 Å². The lowest BCUT2D eigenvalue weighted by Gasteiger charge is -1.98. The van der Waals surface area contributed by atoms with E-state index in [1.165, 1.54) is 5.56 Å². The van der Waals surface area contributed by atoms with Crippen molar-refractivity contribution in [1.82, 2.24) is 14.6 Å². The van der Waals surface area contributed by atoms with E-state index in [2.05, 4.69) is 22.2 Å². The Morgan fingerprint density at radius 3 is 2.61 bits per heavy atom. The zero-order chi connectivity index (χ0) is 12.4. The molecule has 2 aromatic heterocycles. The van der Waals surface area contributed by atoms with Gasteiger partial charge in [-0.2, -0.15) is 5.10 Å². The van der Waals surface area contributed by atoms with E-state index in [0.717, 1.165) is 23.6 Å². The number of nitrogens with two attached hydrogens (primary N) is 1. The Hall–Kier alpha value is -2.20. The van der Waals surface area contributed by atoms with Gasteiger partial charge in [-0.15, -0.1) is 0 Å². The molecular formula is C14H14N4. The first kappa shape index (κ1) is 10.9. The molecule has 1 aromatic carbocycles. The van der Waals surface area contributed by atoms with Gasteiger partial charge in [0.1, 0.15) is 0 Å². The van der Waals surface area contributed by atoms with Crippen LogP contribution in [0, 0.1) is 0 Å². The lowest BCUT2D eigenvalue weighted by atomic mass is 10.1. The van der Waals surface area contributed by atoms with Crippen LogP contribution in [0.4, 0.5) is 0 Å². The molecule has 0 amide bonds. The Morgan fingerprint density at radius 2 is 1.83 bits per heavy atom. The van der Waals surface area contributed by atoms with Gasteiger partial charge in [0.15, 0.2) is 11.5 Å². The summed E-state index contributed by atoms with van der Waals surface area (Å²) in [4.78, 5) is 4.51. The van der Waals surface area contributed by atoms with Crippen LogP contribution in [0.2, 0.25) is 0 Å². The smallest absolute Gasteiger partial charge is 0.156 e. The summed E-state index contributed by atoms with van der Waals surface area (Å²) in [6.45, 7) is 0.464. The molecule has 0 aliphatic heterocycles. The second kappa shape index (κ2) is 4.58. The summed E-state index contributed by atoms with van der Waals surface area (Å²) in [5, 5.41) is 4.50. The van der Waals surface area contributed by atoms with E-state index in [1.807, 2.05) is 40.9 Å². The number of hydrogen-bond donors (Lipinski definition) is 1. The molecule has 18 heavy (non-hydrogen) atoms. The number of aromatic nitrogens is 3. The largest absolute Gasteiger partial charge is 0.325 e. The first-order chi connectivity index (χ1) is 8.86. The quantitative estimate of drug-likeness (QED) is 0.756. The van der Waals surface area contributed by atoms with E-state index >= 15 is 0 Å². The summed E-state index contributed by atoms with van der Waals surface area (Å²) >= 11 is 0. The van der Waals surface area contributed by atoms with Gasteiger partial charge in [0.05, 0.1) is 5.69 Å². The van der Waals surface area contributed by atoms with E-state index in [9.17, 15) is 0 Å². The van der Waals surface area contributed by atoms with Crippen molar-refractivity contribution in [3.8, 4) is 0 Å². The monoisotopic (exact) mass is 238 g/mol. The van der Waals surface area contributed by atoms with Crippen molar-refractivity contribution in [2.45, 2.75) is 13.0 Å². The fourth-order valence-electron chi connectivity index (χ4n) is 2.01. The number of nitrogens with zero attached hydrogens (tertiary/aromatic N) is 3. The molecule has 0 aliphatic rings. The van der Waals surface area contributed by atoms with Gasteiger partial charge in [-0.1, -0.05) is 36.4 Å². The van der Waals surface area contributed by atoms with E-state index in [-0.39, 0.29) is 0 Å². The molecule has 3 aromatic rings. The van der Waals surface area contributed by atoms with Gasteiger partial charge in [0, 0.05) is 13.0 Å². The average molecular weight is 238 g/mol. The number of rotatable bonds is 3. The zero-order valence-corrected chi connectivity index (χ0v) is 9.95. The van der Waals surface area contributed by atoms with E-state index < -0.39 is 0 Å². The molecule has 0 aliphatic carbocycles. The van der Waals surface area contributed by atoms with Gasteiger partial charge in [-0.3, -0.25) is 0 Å². The fourth-order valence-corrected chi connectivity index (χ4v) is 2.01. The average Bonchev–Trinajstić information content (AvgIpc) is 2.82. The van der Waals surface area contributed by atoms with Gasteiger partial charge < -0.3 is 5.73 Å². The summed E-state index contributed by atoms with van der Waals surface area (Å²) in [5.41, 5.74) is 8.72. The van der Waals surface area contributed by atoms with Crippen molar-refractivity contribution in [3.63, 3.8) is 0 Å². The molecule has 4 nitrogen and oxygen atoms in total. The predicted octanol–water partition coefficient (Wildman–Crippen LogP) is 1.78. The van der Waals surface area contributed by atoms with Crippen LogP contribution in [0.5, 0.6) is 0 Å². The van der Waals surface area contributed by atoms with Crippen LogP contribution in [-0.4, -0.2) is 14.6 Å². The number of benzene rings is 1. The molecule has 4 heteroatoms. The van der Waals surface area contributed by atoms with E-state index in [4.69, 9.17) is 5.73 Å². The summed E-state index contributed by atoms with van der Waals surface area (Å²) in [6, 6.07) is 16.1. The van der Waals surface area contributed by atoms with Gasteiger partial charge in [-0.05, 0) is 17.7 Å². The highest BCUT2D eigenvalue weighted by Crippen LogP contribution is 2.09. The van der Waals surface area contributed by atoms with Gasteiger partial charge >= 0.3 is 0 Å². The maximum atomic E-state index is 5.69. The lowest BCUT2D eigenvalue weighted by molar-refractivity contribution is 0.826. The van der Waals surface area contributed by atoms with Crippen molar-refractivity contribution < 1.29 is 0 Å². The van der Waals surface area contributed by atoms with Gasteiger partial charge in [0.25, 0.3) is 0 Å². The maximum absolute atomic E-state index is 5.69. The summed E-state index contributed by atoms with van der Waals surface area (Å²) in [5.74, 6) is 0.821. The molecule has 2 heterocycles. The third-order valence-corrected chi connectivity index (χ3v) is 2.90. The highest BCUT2D eigenvalue weighted by Gasteiger charge is 2.06. The first-order valence-corrected chi connectivity index (χ1v) is 5.94. The molecule has 0 fully saturated rings. The van der Waals surface area contributed by atoms with Crippen molar-refractivity contribution in [1.29, 1.82) is 0 Å². The number of pyridine rings is 1. The van der Waals surface area contributed by atoms with Crippen LogP contribution in [-0.2, 0) is 13.0 Å². The minimum absolute atomic E-state index is 0.464. The second-order valence-electron chi connectivity index (χ2n) is 4.18. The van der Waals surface area contributed by atoms with Crippen molar-refractivity contribution >= 4 is 5.65 Å². The molecule has 2 N–H and O–H groups in total. The normalized spacial score (nSPS) is 10.9. The van der Waals surface area contributed by atoms with E-state index in [1.54, 1.807) is 0 Å². The topological polar surface area (TPSA) is 56.2 Å². The summed E-state index contributed by atoms with van der Waals surface area (Å²) in [7, 11) is 0. The van der Waals surface area contributed by atoms with Crippen LogP contribution in [0.25, 0.3) is 5.65 Å². The molecule has 0 saturated carbocycles. The summed E-state index contributed by atoms with van der Waals surface area (Å²) < 4.78 is 1.82. The lowest BCUT2D eigenvalue weighted by Crippen LogP contribution is -2.04. The Labute approximate surface area is 105 Å². The minimum Gasteiger partial charge on any atom is -0.325 e. The van der Waals surface area contributed by atoms with Crippen LogP contribution >= 0.6 is 0 Å². The van der Waals surface area contributed by atoms with Crippen LogP contribution in [0.1, 0.15) is 17.1 Å². The molecule has 0 unspecified atom stereocenters. The Kier molecular flexibility index (Phi) is 2.78. The number of hydrogen-bond acceptors (Lipinski definition) is 3. The molecular weight excluding hydrogens is 224 g/mol. The highest BCUT2D eigenvalue weighted by atomic mass is 15.3. The summed E-state index contributed by atoms with van der Waals surface area (Å²) in [6.07, 6.45) is 0.743. The molecule has 3 rings (SSSR count). The van der Waals surface area contributed by atoms with Crippen LogP contribution in [0.3, 0.4) is 0 Å². The molecule has 0 bridgehead atoms. The third-order valence-electron chi connectivity index (χ3n) is 2.90.